The van der Waals surface area contributed by atoms with Crippen molar-refractivity contribution in [2.45, 2.75) is 31.3 Å². The molecule has 4 rings (SSSR count). The summed E-state index contributed by atoms with van der Waals surface area (Å²) in [5.41, 5.74) is 4.00. The van der Waals surface area contributed by atoms with E-state index >= 15 is 0 Å². The van der Waals surface area contributed by atoms with Gasteiger partial charge in [0.1, 0.15) is 0 Å². The van der Waals surface area contributed by atoms with Gasteiger partial charge in [-0.2, -0.15) is 0 Å². The summed E-state index contributed by atoms with van der Waals surface area (Å²) in [5, 5.41) is 12.9. The molecule has 0 aliphatic carbocycles. The van der Waals surface area contributed by atoms with Crippen LogP contribution in [0.2, 0.25) is 5.02 Å². The Balaban J connectivity index is 1.65. The lowest BCUT2D eigenvalue weighted by atomic mass is 10.1. The number of sulfone groups is 1. The van der Waals surface area contributed by atoms with Crippen LogP contribution in [0.4, 0.5) is 5.69 Å². The summed E-state index contributed by atoms with van der Waals surface area (Å²) in [5.74, 6) is 0. The van der Waals surface area contributed by atoms with Gasteiger partial charge in [0.25, 0.3) is 0 Å². The van der Waals surface area contributed by atoms with Crippen molar-refractivity contribution in [3.05, 3.63) is 113 Å². The lowest BCUT2D eigenvalue weighted by Crippen LogP contribution is -2.34. The van der Waals surface area contributed by atoms with E-state index in [9.17, 15) is 8.42 Å². The maximum absolute atomic E-state index is 12.1. The number of anilines is 1. The summed E-state index contributed by atoms with van der Waals surface area (Å²) in [7, 11) is -3.31. The third-order valence-electron chi connectivity index (χ3n) is 6.21. The summed E-state index contributed by atoms with van der Waals surface area (Å²) < 4.78 is 24.2. The van der Waals surface area contributed by atoms with Crippen molar-refractivity contribution < 1.29 is 8.42 Å². The highest BCUT2D eigenvalue weighted by molar-refractivity contribution is 7.90. The number of para-hydroxylation sites is 1. The first-order valence-corrected chi connectivity index (χ1v) is 15.7. The van der Waals surface area contributed by atoms with E-state index in [0.29, 0.717) is 17.3 Å². The normalized spacial score (nSPS) is 12.2. The van der Waals surface area contributed by atoms with Crippen molar-refractivity contribution in [3.8, 4) is 10.4 Å². The Bertz CT molecular complexity index is 1580. The first-order valence-electron chi connectivity index (χ1n) is 12.6. The number of benzene rings is 3. The Morgan fingerprint density at radius 1 is 1.00 bits per heavy atom. The molecule has 1 aromatic heterocycles. The average Bonchev–Trinajstić information content (AvgIpc) is 3.40. The molecule has 0 aliphatic heterocycles. The molecule has 1 heterocycles. The molecule has 0 spiro atoms. The Morgan fingerprint density at radius 2 is 1.72 bits per heavy atom. The lowest BCUT2D eigenvalue weighted by Gasteiger charge is -2.26. The molecule has 0 unspecified atom stereocenters. The number of halogens is 1. The van der Waals surface area contributed by atoms with Gasteiger partial charge in [0.05, 0.1) is 26.2 Å². The second-order valence-electron chi connectivity index (χ2n) is 9.64. The molecule has 0 saturated carbocycles. The maximum atomic E-state index is 12.1. The summed E-state index contributed by atoms with van der Waals surface area (Å²) in [6.07, 6.45) is 3.07. The molecular formula is C31H32ClN3O2S2. The smallest absolute Gasteiger partial charge is 0.175 e. The zero-order valence-corrected chi connectivity index (χ0v) is 24.6. The minimum absolute atomic E-state index is 0.259. The monoisotopic (exact) mass is 577 g/mol. The summed E-state index contributed by atoms with van der Waals surface area (Å²) in [6.45, 7) is 5.51. The Hall–Kier alpha value is -3.23. The minimum atomic E-state index is -3.31. The standard InChI is InChI=1S/C31H32ClN3O2S2/c1-22(2)35(20-23-10-5-4-6-11-23)21-25(33)19-29(34-28-15-8-7-14-27(28)32)31-17-16-30(38-31)24-12-9-13-26(18-24)39(3,36)37/h4-19,22,33-34H,20-21H2,1-3H3/b29-19-,33-25?. The zero-order valence-electron chi connectivity index (χ0n) is 22.2. The second kappa shape index (κ2) is 12.7. The molecule has 39 heavy (non-hydrogen) atoms. The molecular weight excluding hydrogens is 546 g/mol. The average molecular weight is 578 g/mol. The molecule has 0 atom stereocenters. The Labute approximate surface area is 240 Å². The maximum Gasteiger partial charge on any atom is 0.175 e. The predicted molar refractivity (Wildman–Crippen MR) is 166 cm³/mol. The fourth-order valence-electron chi connectivity index (χ4n) is 4.07. The van der Waals surface area contributed by atoms with Crippen molar-refractivity contribution in [1.82, 2.24) is 4.90 Å². The highest BCUT2D eigenvalue weighted by Crippen LogP contribution is 2.34. The number of rotatable bonds is 11. The molecule has 0 bridgehead atoms. The number of hydrogen-bond donors (Lipinski definition) is 2. The highest BCUT2D eigenvalue weighted by Gasteiger charge is 2.15. The van der Waals surface area contributed by atoms with E-state index in [0.717, 1.165) is 33.2 Å². The van der Waals surface area contributed by atoms with Gasteiger partial charge in [-0.3, -0.25) is 4.90 Å². The van der Waals surface area contributed by atoms with Crippen LogP contribution in [0.25, 0.3) is 16.1 Å². The first kappa shape index (κ1) is 28.8. The molecule has 4 aromatic rings. The largest absolute Gasteiger partial charge is 0.353 e. The summed E-state index contributed by atoms with van der Waals surface area (Å²) in [4.78, 5) is 4.40. The van der Waals surface area contributed by atoms with Crippen LogP contribution in [0.1, 0.15) is 24.3 Å². The van der Waals surface area contributed by atoms with Gasteiger partial charge in [0.15, 0.2) is 9.84 Å². The van der Waals surface area contributed by atoms with Crippen LogP contribution in [0.3, 0.4) is 0 Å². The third-order valence-corrected chi connectivity index (χ3v) is 8.82. The van der Waals surface area contributed by atoms with Crippen molar-refractivity contribution in [3.63, 3.8) is 0 Å². The third kappa shape index (κ3) is 7.90. The van der Waals surface area contributed by atoms with Crippen LogP contribution in [0.5, 0.6) is 0 Å². The molecule has 0 radical (unpaired) electrons. The van der Waals surface area contributed by atoms with E-state index in [1.165, 1.54) is 23.2 Å². The summed E-state index contributed by atoms with van der Waals surface area (Å²) >= 11 is 7.99. The molecule has 0 aliphatic rings. The van der Waals surface area contributed by atoms with E-state index in [1.807, 2.05) is 66.7 Å². The van der Waals surface area contributed by atoms with Crippen molar-refractivity contribution in [2.24, 2.45) is 0 Å². The zero-order chi connectivity index (χ0) is 28.0. The fraction of sp³-hybridized carbons (Fsp3) is 0.194. The van der Waals surface area contributed by atoms with Gasteiger partial charge >= 0.3 is 0 Å². The first-order chi connectivity index (χ1) is 18.6. The molecule has 8 heteroatoms. The van der Waals surface area contributed by atoms with E-state index in [2.05, 4.69) is 36.2 Å². The van der Waals surface area contributed by atoms with Gasteiger partial charge in [-0.05, 0) is 67.4 Å². The van der Waals surface area contributed by atoms with Gasteiger partial charge in [-0.25, -0.2) is 8.42 Å². The lowest BCUT2D eigenvalue weighted by molar-refractivity contribution is 0.245. The van der Waals surface area contributed by atoms with Crippen LogP contribution in [-0.2, 0) is 16.4 Å². The Morgan fingerprint density at radius 3 is 2.41 bits per heavy atom. The molecule has 0 saturated heterocycles. The van der Waals surface area contributed by atoms with E-state index < -0.39 is 9.84 Å². The fourth-order valence-corrected chi connectivity index (χ4v) is 5.90. The van der Waals surface area contributed by atoms with Crippen LogP contribution in [-0.4, -0.2) is 37.9 Å². The molecule has 202 valence electrons. The van der Waals surface area contributed by atoms with Gasteiger partial charge < -0.3 is 10.7 Å². The topological polar surface area (TPSA) is 73.3 Å². The number of thiophene rings is 1. The molecule has 2 N–H and O–H groups in total. The van der Waals surface area contributed by atoms with Crippen LogP contribution >= 0.6 is 22.9 Å². The predicted octanol–water partition coefficient (Wildman–Crippen LogP) is 7.86. The van der Waals surface area contributed by atoms with Crippen LogP contribution in [0.15, 0.2) is 102 Å². The molecule has 3 aromatic carbocycles. The molecule has 0 amide bonds. The minimum Gasteiger partial charge on any atom is -0.353 e. The molecule has 5 nitrogen and oxygen atoms in total. The molecule has 0 fully saturated rings. The SMILES string of the molecule is CC(C)N(CC(=N)/C=C(\Nc1ccccc1Cl)c1ccc(-c2cccc(S(C)(=O)=O)c2)s1)Cc1ccccc1. The van der Waals surface area contributed by atoms with Gasteiger partial charge in [-0.15, -0.1) is 11.3 Å². The van der Waals surface area contributed by atoms with Gasteiger partial charge in [0.2, 0.25) is 0 Å². The summed E-state index contributed by atoms with van der Waals surface area (Å²) in [6, 6.07) is 29.0. The highest BCUT2D eigenvalue weighted by atomic mass is 35.5. The van der Waals surface area contributed by atoms with E-state index in [4.69, 9.17) is 17.0 Å². The van der Waals surface area contributed by atoms with Crippen LogP contribution in [0, 0.1) is 5.41 Å². The van der Waals surface area contributed by atoms with Crippen molar-refractivity contribution >= 4 is 49.9 Å². The quantitative estimate of drug-likeness (QED) is 0.178. The van der Waals surface area contributed by atoms with E-state index in [1.54, 1.807) is 18.2 Å². The van der Waals surface area contributed by atoms with Gasteiger partial charge in [0, 0.05) is 36.0 Å². The van der Waals surface area contributed by atoms with E-state index in [-0.39, 0.29) is 10.9 Å². The van der Waals surface area contributed by atoms with Gasteiger partial charge in [-0.1, -0.05) is 66.2 Å². The van der Waals surface area contributed by atoms with Crippen LogP contribution < -0.4 is 5.32 Å². The second-order valence-corrected chi connectivity index (χ2v) is 13.1. The number of hydrogen-bond acceptors (Lipinski definition) is 6. The van der Waals surface area contributed by atoms with Crippen molar-refractivity contribution in [1.29, 1.82) is 5.41 Å². The van der Waals surface area contributed by atoms with Crippen molar-refractivity contribution in [2.75, 3.05) is 18.1 Å². The number of nitrogens with zero attached hydrogens (tertiary/aromatic N) is 1. The Kier molecular flexibility index (Phi) is 9.40. The number of nitrogens with one attached hydrogen (secondary N) is 2.